The summed E-state index contributed by atoms with van der Waals surface area (Å²) < 4.78 is -0.614. The summed E-state index contributed by atoms with van der Waals surface area (Å²) in [5, 5.41) is 15.5. The van der Waals surface area contributed by atoms with E-state index in [1.807, 2.05) is 60.7 Å². The third kappa shape index (κ3) is 3.88. The van der Waals surface area contributed by atoms with Crippen molar-refractivity contribution in [1.29, 1.82) is 0 Å². The van der Waals surface area contributed by atoms with Gasteiger partial charge in [-0.2, -0.15) is 0 Å². The number of anilines is 1. The first-order valence-corrected chi connectivity index (χ1v) is 12.7. The summed E-state index contributed by atoms with van der Waals surface area (Å²) >= 11 is 1.65. The highest BCUT2D eigenvalue weighted by Crippen LogP contribution is 2.66. The van der Waals surface area contributed by atoms with Crippen LogP contribution in [-0.4, -0.2) is 56.9 Å². The van der Waals surface area contributed by atoms with E-state index < -0.39 is 22.6 Å². The number of benzene rings is 2. The number of hydrogen-bond donors (Lipinski definition) is 3. The maximum Gasteiger partial charge on any atom is 0.244 e. The van der Waals surface area contributed by atoms with Gasteiger partial charge in [-0.3, -0.25) is 14.4 Å². The number of aliphatic hydroxyl groups is 1. The van der Waals surface area contributed by atoms with E-state index in [0.717, 1.165) is 18.4 Å². The molecular weight excluding hydrogens is 450 g/mol. The van der Waals surface area contributed by atoms with Crippen molar-refractivity contribution in [2.45, 2.75) is 41.8 Å². The van der Waals surface area contributed by atoms with Crippen molar-refractivity contribution in [2.75, 3.05) is 18.5 Å². The van der Waals surface area contributed by atoms with E-state index in [-0.39, 0.29) is 29.6 Å². The molecule has 0 saturated carbocycles. The molecule has 3 saturated heterocycles. The summed E-state index contributed by atoms with van der Waals surface area (Å²) in [7, 11) is 0. The third-order valence-electron chi connectivity index (χ3n) is 7.26. The van der Waals surface area contributed by atoms with E-state index in [1.165, 1.54) is 0 Å². The van der Waals surface area contributed by atoms with Crippen LogP contribution in [0.2, 0.25) is 0 Å². The Morgan fingerprint density at radius 2 is 1.76 bits per heavy atom. The summed E-state index contributed by atoms with van der Waals surface area (Å²) in [6.07, 6.45) is 1.93. The zero-order valence-corrected chi connectivity index (χ0v) is 19.7. The highest BCUT2D eigenvalue weighted by molar-refractivity contribution is 8.02. The molecule has 3 N–H and O–H groups in total. The number of amides is 3. The minimum Gasteiger partial charge on any atom is -0.396 e. The molecule has 3 fully saturated rings. The lowest BCUT2D eigenvalue weighted by molar-refractivity contribution is -0.139. The van der Waals surface area contributed by atoms with E-state index in [9.17, 15) is 19.5 Å². The van der Waals surface area contributed by atoms with Gasteiger partial charge in [0.2, 0.25) is 17.7 Å². The molecule has 3 aliphatic heterocycles. The molecule has 2 unspecified atom stereocenters. The monoisotopic (exact) mass is 479 g/mol. The lowest BCUT2D eigenvalue weighted by Crippen LogP contribution is -2.53. The van der Waals surface area contributed by atoms with Crippen molar-refractivity contribution in [1.82, 2.24) is 10.2 Å². The number of rotatable bonds is 8. The fraction of sp³-hybridized carbons (Fsp3) is 0.423. The molecule has 0 aromatic heterocycles. The quantitative estimate of drug-likeness (QED) is 0.540. The van der Waals surface area contributed by atoms with Gasteiger partial charge in [-0.15, -0.1) is 11.8 Å². The topological polar surface area (TPSA) is 98.7 Å². The Labute approximate surface area is 203 Å². The van der Waals surface area contributed by atoms with Crippen LogP contribution in [0.15, 0.2) is 60.7 Å². The first-order chi connectivity index (χ1) is 16.5. The van der Waals surface area contributed by atoms with Gasteiger partial charge in [0.05, 0.1) is 16.6 Å². The maximum absolute atomic E-state index is 13.7. The molecule has 3 heterocycles. The standard InChI is InChI=1S/C26H29N3O4S/c30-15-7-14-29-22(24(32)27-16-17-8-3-1-4-9-17)26-13-12-19(34-26)20(21(26)25(29)33)23(31)28-18-10-5-2-6-11-18/h1-6,8-11,19-22,30H,7,12-16H2,(H,27,32)(H,28,31)/t19-,20+,21-,22?,26?/m0/s1. The van der Waals surface area contributed by atoms with Crippen LogP contribution < -0.4 is 10.6 Å². The molecule has 7 nitrogen and oxygen atoms in total. The molecule has 34 heavy (non-hydrogen) atoms. The second-order valence-corrected chi connectivity index (χ2v) is 10.8. The van der Waals surface area contributed by atoms with Gasteiger partial charge in [0.1, 0.15) is 6.04 Å². The normalized spacial score (nSPS) is 29.2. The lowest BCUT2D eigenvalue weighted by Gasteiger charge is -2.34. The molecule has 8 heteroatoms. The largest absolute Gasteiger partial charge is 0.396 e. The number of carbonyl (C=O) groups is 3. The zero-order chi connectivity index (χ0) is 23.7. The highest BCUT2D eigenvalue weighted by Gasteiger charge is 2.73. The average Bonchev–Trinajstić information content (AvgIpc) is 3.50. The Hall–Kier alpha value is -2.84. The Kier molecular flexibility index (Phi) is 6.36. The van der Waals surface area contributed by atoms with Crippen LogP contribution in [-0.2, 0) is 20.9 Å². The van der Waals surface area contributed by atoms with Gasteiger partial charge in [-0.05, 0) is 37.0 Å². The molecule has 0 aliphatic carbocycles. The zero-order valence-electron chi connectivity index (χ0n) is 18.9. The SMILES string of the molecule is O=C(NCc1ccccc1)C1N(CCCO)C(=O)[C@@H]2[C@H](C(=O)Nc3ccccc3)[C@@H]3CCC12S3. The highest BCUT2D eigenvalue weighted by atomic mass is 32.2. The smallest absolute Gasteiger partial charge is 0.244 e. The number of para-hydroxylation sites is 1. The minimum absolute atomic E-state index is 0.0158. The first kappa shape index (κ1) is 22.9. The molecule has 1 spiro atoms. The summed E-state index contributed by atoms with van der Waals surface area (Å²) in [6.45, 7) is 0.619. The van der Waals surface area contributed by atoms with E-state index in [2.05, 4.69) is 10.6 Å². The number of carbonyl (C=O) groups excluding carboxylic acids is 3. The minimum atomic E-state index is -0.648. The second-order valence-electron chi connectivity index (χ2n) is 9.22. The van der Waals surface area contributed by atoms with E-state index in [1.54, 1.807) is 16.7 Å². The van der Waals surface area contributed by atoms with Crippen LogP contribution >= 0.6 is 11.8 Å². The molecule has 5 atom stereocenters. The Bertz CT molecular complexity index is 1070. The Morgan fingerprint density at radius 3 is 2.47 bits per heavy atom. The maximum atomic E-state index is 13.7. The van der Waals surface area contributed by atoms with E-state index in [0.29, 0.717) is 25.2 Å². The van der Waals surface area contributed by atoms with Gasteiger partial charge in [-0.1, -0.05) is 48.5 Å². The summed E-state index contributed by atoms with van der Waals surface area (Å²) in [5.74, 6) is -1.50. The summed E-state index contributed by atoms with van der Waals surface area (Å²) in [4.78, 5) is 42.2. The van der Waals surface area contributed by atoms with Crippen LogP contribution in [0.4, 0.5) is 5.69 Å². The molecule has 2 bridgehead atoms. The molecule has 5 rings (SSSR count). The second kappa shape index (κ2) is 9.43. The molecule has 2 aromatic rings. The van der Waals surface area contributed by atoms with Crippen LogP contribution in [0.1, 0.15) is 24.8 Å². The molecular formula is C26H29N3O4S. The summed E-state index contributed by atoms with van der Waals surface area (Å²) in [5.41, 5.74) is 1.69. The first-order valence-electron chi connectivity index (χ1n) is 11.8. The van der Waals surface area contributed by atoms with Crippen molar-refractivity contribution in [2.24, 2.45) is 11.8 Å². The van der Waals surface area contributed by atoms with E-state index >= 15 is 0 Å². The molecule has 2 aromatic carbocycles. The number of aliphatic hydroxyl groups excluding tert-OH is 1. The third-order valence-corrected chi connectivity index (χ3v) is 9.21. The lowest BCUT2D eigenvalue weighted by atomic mass is 9.70. The fourth-order valence-electron chi connectivity index (χ4n) is 5.86. The number of likely N-dealkylation sites (tertiary alicyclic amines) is 1. The van der Waals surface area contributed by atoms with E-state index in [4.69, 9.17) is 0 Å². The van der Waals surface area contributed by atoms with Gasteiger partial charge in [0.25, 0.3) is 0 Å². The molecule has 0 radical (unpaired) electrons. The van der Waals surface area contributed by atoms with Gasteiger partial charge in [-0.25, -0.2) is 0 Å². The van der Waals surface area contributed by atoms with Crippen LogP contribution in [0.25, 0.3) is 0 Å². The predicted octanol–water partition coefficient (Wildman–Crippen LogP) is 2.42. The van der Waals surface area contributed by atoms with Crippen molar-refractivity contribution in [3.8, 4) is 0 Å². The van der Waals surface area contributed by atoms with Crippen molar-refractivity contribution >= 4 is 35.2 Å². The van der Waals surface area contributed by atoms with Crippen LogP contribution in [0, 0.1) is 11.8 Å². The number of nitrogens with zero attached hydrogens (tertiary/aromatic N) is 1. The number of hydrogen-bond acceptors (Lipinski definition) is 5. The molecule has 3 amide bonds. The number of thioether (sulfide) groups is 1. The predicted molar refractivity (Wildman–Crippen MR) is 131 cm³/mol. The van der Waals surface area contributed by atoms with Gasteiger partial charge < -0.3 is 20.6 Å². The fourth-order valence-corrected chi connectivity index (χ4v) is 8.08. The number of nitrogens with one attached hydrogen (secondary N) is 2. The Balaban J connectivity index is 1.41. The van der Waals surface area contributed by atoms with Crippen LogP contribution in [0.5, 0.6) is 0 Å². The summed E-state index contributed by atoms with van der Waals surface area (Å²) in [6, 6.07) is 18.3. The van der Waals surface area contributed by atoms with Crippen molar-refractivity contribution in [3.05, 3.63) is 66.2 Å². The molecule has 3 aliphatic rings. The number of fused-ring (bicyclic) bond motifs is 1. The van der Waals surface area contributed by atoms with Crippen molar-refractivity contribution < 1.29 is 19.5 Å². The van der Waals surface area contributed by atoms with Gasteiger partial charge >= 0.3 is 0 Å². The van der Waals surface area contributed by atoms with Gasteiger partial charge in [0.15, 0.2) is 0 Å². The average molecular weight is 480 g/mol. The van der Waals surface area contributed by atoms with Crippen molar-refractivity contribution in [3.63, 3.8) is 0 Å². The van der Waals surface area contributed by atoms with Gasteiger partial charge in [0, 0.05) is 30.6 Å². The molecule has 178 valence electrons. The van der Waals surface area contributed by atoms with Crippen LogP contribution in [0.3, 0.4) is 0 Å². The Morgan fingerprint density at radius 1 is 1.06 bits per heavy atom.